The highest BCUT2D eigenvalue weighted by molar-refractivity contribution is 5.93. The van der Waals surface area contributed by atoms with E-state index in [-0.39, 0.29) is 11.6 Å². The highest BCUT2D eigenvalue weighted by atomic mass is 16.5. The molecule has 2 aromatic heterocycles. The lowest BCUT2D eigenvalue weighted by molar-refractivity contribution is 0.0338. The first kappa shape index (κ1) is 18.9. The van der Waals surface area contributed by atoms with Crippen molar-refractivity contribution in [2.24, 2.45) is 0 Å². The summed E-state index contributed by atoms with van der Waals surface area (Å²) >= 11 is 0. The zero-order valence-electron chi connectivity index (χ0n) is 16.4. The number of carbonyl (C=O) groups is 1. The van der Waals surface area contributed by atoms with Crippen LogP contribution in [0, 0.1) is 6.92 Å². The van der Waals surface area contributed by atoms with Crippen LogP contribution in [0.2, 0.25) is 0 Å². The maximum Gasteiger partial charge on any atom is 0.346 e. The average Bonchev–Trinajstić information content (AvgIpc) is 3.22. The summed E-state index contributed by atoms with van der Waals surface area (Å²) in [6.45, 7) is 9.26. The first-order valence-electron chi connectivity index (χ1n) is 9.79. The summed E-state index contributed by atoms with van der Waals surface area (Å²) < 4.78 is 13.9. The Morgan fingerprint density at radius 1 is 1.18 bits per heavy atom. The molecule has 0 unspecified atom stereocenters. The van der Waals surface area contributed by atoms with Crippen LogP contribution in [-0.4, -0.2) is 68.1 Å². The molecule has 2 aromatic rings. The second kappa shape index (κ2) is 7.88. The Hall–Kier alpha value is -2.46. The van der Waals surface area contributed by atoms with Crippen molar-refractivity contribution < 1.29 is 14.1 Å². The van der Waals surface area contributed by atoms with E-state index in [9.17, 15) is 9.59 Å². The lowest BCUT2D eigenvalue weighted by atomic mass is 10.1. The molecule has 0 aromatic carbocycles. The van der Waals surface area contributed by atoms with Crippen LogP contribution in [0.5, 0.6) is 0 Å². The number of aryl methyl sites for hydroxylation is 2. The molecule has 1 saturated heterocycles. The number of hydrogen-bond acceptors (Lipinski definition) is 7. The second-order valence-corrected chi connectivity index (χ2v) is 7.25. The smallest absolute Gasteiger partial charge is 0.346 e. The summed E-state index contributed by atoms with van der Waals surface area (Å²) in [6.07, 6.45) is 0.835. The van der Waals surface area contributed by atoms with Crippen LogP contribution in [0.1, 0.15) is 41.0 Å². The molecule has 4 rings (SSSR count). The molecule has 0 aliphatic carbocycles. The van der Waals surface area contributed by atoms with Crippen molar-refractivity contribution in [1.82, 2.24) is 29.3 Å². The summed E-state index contributed by atoms with van der Waals surface area (Å²) in [5, 5.41) is 8.44. The third-order valence-corrected chi connectivity index (χ3v) is 5.32. The Morgan fingerprint density at radius 2 is 1.96 bits per heavy atom. The van der Waals surface area contributed by atoms with Gasteiger partial charge in [0, 0.05) is 44.8 Å². The number of morpholine rings is 1. The molecule has 0 spiro atoms. The Labute approximate surface area is 162 Å². The zero-order chi connectivity index (χ0) is 19.7. The monoisotopic (exact) mass is 390 g/mol. The van der Waals surface area contributed by atoms with Crippen LogP contribution in [0.25, 0.3) is 0 Å². The number of amides is 1. The van der Waals surface area contributed by atoms with Crippen LogP contribution >= 0.6 is 0 Å². The molecule has 0 bridgehead atoms. The van der Waals surface area contributed by atoms with Gasteiger partial charge in [-0.05, 0) is 13.3 Å². The lowest BCUT2D eigenvalue weighted by Crippen LogP contribution is -2.41. The minimum Gasteiger partial charge on any atom is -0.379 e. The van der Waals surface area contributed by atoms with E-state index in [2.05, 4.69) is 15.2 Å². The average molecular weight is 390 g/mol. The highest BCUT2D eigenvalue weighted by Gasteiger charge is 2.30. The molecule has 2 aliphatic heterocycles. The number of carbonyl (C=O) groups excluding carboxylic acids is 1. The SMILES string of the molecule is CCCn1nc2n(c1=O)CCN(C(=O)c1noc(C)c1CN1CCOCC1)C2. The van der Waals surface area contributed by atoms with Gasteiger partial charge in [0.1, 0.15) is 5.76 Å². The molecule has 10 nitrogen and oxygen atoms in total. The van der Waals surface area contributed by atoms with Crippen LogP contribution in [0.3, 0.4) is 0 Å². The zero-order valence-corrected chi connectivity index (χ0v) is 16.4. The van der Waals surface area contributed by atoms with E-state index in [0.717, 1.165) is 25.1 Å². The summed E-state index contributed by atoms with van der Waals surface area (Å²) in [6, 6.07) is 0. The van der Waals surface area contributed by atoms with Crippen molar-refractivity contribution in [1.29, 1.82) is 0 Å². The van der Waals surface area contributed by atoms with E-state index in [1.807, 2.05) is 13.8 Å². The first-order valence-corrected chi connectivity index (χ1v) is 9.79. The van der Waals surface area contributed by atoms with Gasteiger partial charge in [-0.2, -0.15) is 5.10 Å². The van der Waals surface area contributed by atoms with E-state index in [1.54, 1.807) is 9.47 Å². The molecule has 0 radical (unpaired) electrons. The molecule has 0 atom stereocenters. The van der Waals surface area contributed by atoms with Gasteiger partial charge in [0.15, 0.2) is 11.5 Å². The van der Waals surface area contributed by atoms with Gasteiger partial charge < -0.3 is 14.2 Å². The molecule has 1 amide bonds. The third-order valence-electron chi connectivity index (χ3n) is 5.32. The molecule has 152 valence electrons. The van der Waals surface area contributed by atoms with Crippen molar-refractivity contribution in [3.8, 4) is 0 Å². The van der Waals surface area contributed by atoms with Crippen LogP contribution in [0.4, 0.5) is 0 Å². The fraction of sp³-hybridized carbons (Fsp3) is 0.667. The van der Waals surface area contributed by atoms with Gasteiger partial charge in [0.25, 0.3) is 5.91 Å². The molecule has 4 heterocycles. The number of ether oxygens (including phenoxy) is 1. The van der Waals surface area contributed by atoms with Gasteiger partial charge in [-0.1, -0.05) is 12.1 Å². The van der Waals surface area contributed by atoms with Crippen LogP contribution in [0.15, 0.2) is 9.32 Å². The van der Waals surface area contributed by atoms with E-state index >= 15 is 0 Å². The number of hydrogen-bond donors (Lipinski definition) is 0. The summed E-state index contributed by atoms with van der Waals surface area (Å²) in [5.74, 6) is 1.10. The summed E-state index contributed by atoms with van der Waals surface area (Å²) in [4.78, 5) is 29.4. The summed E-state index contributed by atoms with van der Waals surface area (Å²) in [5.41, 5.74) is 1.08. The lowest BCUT2D eigenvalue weighted by Gasteiger charge is -2.28. The predicted molar refractivity (Wildman–Crippen MR) is 98.9 cm³/mol. The van der Waals surface area contributed by atoms with Crippen molar-refractivity contribution in [2.75, 3.05) is 32.8 Å². The molecular weight excluding hydrogens is 364 g/mol. The molecule has 0 N–H and O–H groups in total. The van der Waals surface area contributed by atoms with Gasteiger partial charge in [0.05, 0.1) is 19.8 Å². The topological polar surface area (TPSA) is 98.6 Å². The molecule has 28 heavy (non-hydrogen) atoms. The highest BCUT2D eigenvalue weighted by Crippen LogP contribution is 2.20. The fourth-order valence-electron chi connectivity index (χ4n) is 3.71. The van der Waals surface area contributed by atoms with Gasteiger partial charge in [-0.15, -0.1) is 0 Å². The van der Waals surface area contributed by atoms with Gasteiger partial charge >= 0.3 is 5.69 Å². The Kier molecular flexibility index (Phi) is 5.31. The van der Waals surface area contributed by atoms with Crippen LogP contribution < -0.4 is 5.69 Å². The number of aromatic nitrogens is 4. The van der Waals surface area contributed by atoms with Crippen molar-refractivity contribution >= 4 is 5.91 Å². The minimum atomic E-state index is -0.177. The van der Waals surface area contributed by atoms with E-state index in [4.69, 9.17) is 9.26 Å². The third kappa shape index (κ3) is 3.49. The molecule has 2 aliphatic rings. The number of rotatable bonds is 5. The fourth-order valence-corrected chi connectivity index (χ4v) is 3.71. The number of fused-ring (bicyclic) bond motifs is 1. The quantitative estimate of drug-likeness (QED) is 0.721. The van der Waals surface area contributed by atoms with E-state index in [0.29, 0.717) is 63.2 Å². The minimum absolute atomic E-state index is 0.103. The molecular formula is C18H26N6O4. The Balaban J connectivity index is 1.52. The maximum absolute atomic E-state index is 13.1. The second-order valence-electron chi connectivity index (χ2n) is 7.25. The van der Waals surface area contributed by atoms with Crippen molar-refractivity contribution in [3.63, 3.8) is 0 Å². The predicted octanol–water partition coefficient (Wildman–Crippen LogP) is 0.239. The van der Waals surface area contributed by atoms with E-state index < -0.39 is 0 Å². The Bertz CT molecular complexity index is 908. The van der Waals surface area contributed by atoms with Crippen LogP contribution in [-0.2, 0) is 30.9 Å². The number of nitrogens with zero attached hydrogens (tertiary/aromatic N) is 6. The first-order chi connectivity index (χ1) is 13.6. The Morgan fingerprint density at radius 3 is 2.71 bits per heavy atom. The van der Waals surface area contributed by atoms with Gasteiger partial charge in [-0.25, -0.2) is 9.48 Å². The normalized spacial score (nSPS) is 17.7. The molecule has 10 heteroatoms. The van der Waals surface area contributed by atoms with Crippen molar-refractivity contribution in [2.45, 2.75) is 46.4 Å². The molecule has 0 saturated carbocycles. The summed E-state index contributed by atoms with van der Waals surface area (Å²) in [7, 11) is 0. The molecule has 1 fully saturated rings. The van der Waals surface area contributed by atoms with Gasteiger partial charge in [0.2, 0.25) is 0 Å². The maximum atomic E-state index is 13.1. The standard InChI is InChI=1S/C18H26N6O4/c1-3-4-24-18(26)23-6-5-22(12-15(23)19-24)17(25)16-14(13(2)28-20-16)11-21-7-9-27-10-8-21/h3-12H2,1-2H3. The van der Waals surface area contributed by atoms with Crippen molar-refractivity contribution in [3.05, 3.63) is 33.3 Å². The van der Waals surface area contributed by atoms with Gasteiger partial charge in [-0.3, -0.25) is 14.3 Å². The van der Waals surface area contributed by atoms with E-state index in [1.165, 1.54) is 4.68 Å². The largest absolute Gasteiger partial charge is 0.379 e.